The fourth-order valence-electron chi connectivity index (χ4n) is 3.67. The van der Waals surface area contributed by atoms with Crippen molar-refractivity contribution in [2.75, 3.05) is 7.11 Å². The van der Waals surface area contributed by atoms with E-state index in [1.807, 2.05) is 0 Å². The maximum Gasteiger partial charge on any atom is 0.308 e. The first-order chi connectivity index (χ1) is 11.7. The molecule has 1 saturated heterocycles. The highest BCUT2D eigenvalue weighted by Crippen LogP contribution is 2.48. The zero-order chi connectivity index (χ0) is 18.6. The molecule has 1 aromatic rings. The molecule has 3 N–H and O–H groups in total. The second-order valence-corrected chi connectivity index (χ2v) is 6.37. The summed E-state index contributed by atoms with van der Waals surface area (Å²) in [6.45, 7) is 1.32. The third-order valence-electron chi connectivity index (χ3n) is 5.00. The Morgan fingerprint density at radius 3 is 2.64 bits per heavy atom. The number of aliphatic hydroxyl groups is 2. The van der Waals surface area contributed by atoms with E-state index >= 15 is 0 Å². The van der Waals surface area contributed by atoms with Gasteiger partial charge in [-0.05, 0) is 13.0 Å². The fraction of sp³-hybridized carbons (Fsp3) is 0.471. The number of esters is 1. The number of benzene rings is 1. The van der Waals surface area contributed by atoms with Gasteiger partial charge < -0.3 is 24.8 Å². The van der Waals surface area contributed by atoms with Crippen molar-refractivity contribution in [1.82, 2.24) is 0 Å². The van der Waals surface area contributed by atoms with Crippen LogP contribution in [0.2, 0.25) is 0 Å². The molecule has 0 spiro atoms. The second kappa shape index (κ2) is 5.62. The molecule has 2 aliphatic rings. The molecule has 1 aromatic carbocycles. The first-order valence-corrected chi connectivity index (χ1v) is 7.75. The minimum Gasteiger partial charge on any atom is -0.507 e. The second-order valence-electron chi connectivity index (χ2n) is 6.37. The molecule has 1 fully saturated rings. The molecule has 25 heavy (non-hydrogen) atoms. The van der Waals surface area contributed by atoms with E-state index in [4.69, 9.17) is 4.74 Å². The van der Waals surface area contributed by atoms with Crippen molar-refractivity contribution in [1.29, 1.82) is 0 Å². The smallest absolute Gasteiger partial charge is 0.308 e. The maximum atomic E-state index is 12.9. The molecule has 0 aromatic heterocycles. The fourth-order valence-corrected chi connectivity index (χ4v) is 3.67. The highest BCUT2D eigenvalue weighted by Gasteiger charge is 2.69. The first kappa shape index (κ1) is 17.5. The van der Waals surface area contributed by atoms with Crippen molar-refractivity contribution in [3.63, 3.8) is 0 Å². The molecule has 0 bridgehead atoms. The Morgan fingerprint density at radius 2 is 2.00 bits per heavy atom. The van der Waals surface area contributed by atoms with Gasteiger partial charge in [-0.15, -0.1) is 0 Å². The number of phenolic OH excluding ortho intramolecular Hbond substituents is 1. The van der Waals surface area contributed by atoms with Gasteiger partial charge in [0.1, 0.15) is 5.75 Å². The number of hydrogen-bond acceptors (Lipinski definition) is 8. The zero-order valence-electron chi connectivity index (χ0n) is 13.7. The number of rotatable bonds is 2. The van der Waals surface area contributed by atoms with Crippen LogP contribution in [0.4, 0.5) is 0 Å². The summed E-state index contributed by atoms with van der Waals surface area (Å²) in [5, 5.41) is 31.9. The SMILES string of the molecule is COC(=O)C[C@H]1C[C@@]2(O)C(=O)c3cccc(O)c3C(=O)[C@]2(O)[C@H](C)O1. The summed E-state index contributed by atoms with van der Waals surface area (Å²) in [6, 6.07) is 3.87. The van der Waals surface area contributed by atoms with Crippen molar-refractivity contribution < 1.29 is 39.2 Å². The van der Waals surface area contributed by atoms with Crippen molar-refractivity contribution in [3.05, 3.63) is 29.3 Å². The van der Waals surface area contributed by atoms with Gasteiger partial charge in [0.25, 0.3) is 0 Å². The lowest BCUT2D eigenvalue weighted by Crippen LogP contribution is -2.75. The summed E-state index contributed by atoms with van der Waals surface area (Å²) in [4.78, 5) is 37.2. The molecule has 3 rings (SSSR count). The Morgan fingerprint density at radius 1 is 1.32 bits per heavy atom. The molecule has 0 radical (unpaired) electrons. The summed E-state index contributed by atoms with van der Waals surface area (Å²) in [7, 11) is 1.19. The van der Waals surface area contributed by atoms with Crippen LogP contribution in [-0.2, 0) is 14.3 Å². The number of methoxy groups -OCH3 is 1. The number of aromatic hydroxyl groups is 1. The number of Topliss-reactive ketones (excluding diaryl/α,β-unsaturated/α-hetero) is 2. The Hall–Kier alpha value is -2.29. The number of hydrogen-bond donors (Lipinski definition) is 3. The predicted octanol–water partition coefficient (Wildman–Crippen LogP) is -0.0261. The quantitative estimate of drug-likeness (QED) is 0.634. The van der Waals surface area contributed by atoms with Crippen LogP contribution in [0.15, 0.2) is 18.2 Å². The Labute approximate surface area is 143 Å². The summed E-state index contributed by atoms with van der Waals surface area (Å²) in [5.74, 6) is -2.97. The van der Waals surface area contributed by atoms with Crippen LogP contribution >= 0.6 is 0 Å². The lowest BCUT2D eigenvalue weighted by atomic mass is 9.61. The monoisotopic (exact) mass is 350 g/mol. The van der Waals surface area contributed by atoms with Gasteiger partial charge in [-0.25, -0.2) is 0 Å². The molecule has 0 saturated carbocycles. The average molecular weight is 350 g/mol. The molecule has 0 unspecified atom stereocenters. The molecule has 1 heterocycles. The molecule has 0 amide bonds. The summed E-state index contributed by atoms with van der Waals surface area (Å²) >= 11 is 0. The highest BCUT2D eigenvalue weighted by atomic mass is 16.5. The molecule has 4 atom stereocenters. The van der Waals surface area contributed by atoms with Crippen molar-refractivity contribution in [3.8, 4) is 5.75 Å². The molecular formula is C17H18O8. The largest absolute Gasteiger partial charge is 0.507 e. The molecule has 134 valence electrons. The van der Waals surface area contributed by atoms with Crippen LogP contribution in [0.25, 0.3) is 0 Å². The normalized spacial score (nSPS) is 34.2. The van der Waals surface area contributed by atoms with Crippen LogP contribution in [0.3, 0.4) is 0 Å². The van der Waals surface area contributed by atoms with Crippen LogP contribution < -0.4 is 0 Å². The number of carbonyl (C=O) groups excluding carboxylic acids is 3. The van der Waals surface area contributed by atoms with Crippen LogP contribution in [0.1, 0.15) is 40.5 Å². The van der Waals surface area contributed by atoms with E-state index in [2.05, 4.69) is 4.74 Å². The predicted molar refractivity (Wildman–Crippen MR) is 82.3 cm³/mol. The van der Waals surface area contributed by atoms with Crippen molar-refractivity contribution in [2.45, 2.75) is 43.2 Å². The number of carbonyl (C=O) groups is 3. The highest BCUT2D eigenvalue weighted by molar-refractivity contribution is 6.23. The summed E-state index contributed by atoms with van der Waals surface area (Å²) < 4.78 is 10.1. The number of phenols is 1. The zero-order valence-corrected chi connectivity index (χ0v) is 13.7. The van der Waals surface area contributed by atoms with Gasteiger partial charge in [-0.1, -0.05) is 12.1 Å². The van der Waals surface area contributed by atoms with E-state index in [1.54, 1.807) is 0 Å². The van der Waals surface area contributed by atoms with Gasteiger partial charge in [0.05, 0.1) is 31.3 Å². The third kappa shape index (κ3) is 2.21. The van der Waals surface area contributed by atoms with E-state index < -0.39 is 53.1 Å². The summed E-state index contributed by atoms with van der Waals surface area (Å²) in [6.07, 6.45) is -2.90. The molecule has 8 heteroatoms. The minimum atomic E-state index is -2.57. The summed E-state index contributed by atoms with van der Waals surface area (Å²) in [5.41, 5.74) is -5.56. The van der Waals surface area contributed by atoms with Crippen LogP contribution in [0, 0.1) is 0 Å². The third-order valence-corrected chi connectivity index (χ3v) is 5.00. The van der Waals surface area contributed by atoms with Crippen LogP contribution in [-0.4, -0.2) is 63.4 Å². The van der Waals surface area contributed by atoms with Crippen LogP contribution in [0.5, 0.6) is 5.75 Å². The van der Waals surface area contributed by atoms with Gasteiger partial charge in [0.15, 0.2) is 17.0 Å². The molecule has 1 aliphatic carbocycles. The Balaban J connectivity index is 2.12. The number of ketones is 2. The van der Waals surface area contributed by atoms with Crippen molar-refractivity contribution in [2.24, 2.45) is 0 Å². The van der Waals surface area contributed by atoms with E-state index in [9.17, 15) is 29.7 Å². The number of fused-ring (bicyclic) bond motifs is 2. The average Bonchev–Trinajstić information content (AvgIpc) is 2.56. The molecule has 1 aliphatic heterocycles. The van der Waals surface area contributed by atoms with E-state index in [0.29, 0.717) is 0 Å². The lowest BCUT2D eigenvalue weighted by molar-refractivity contribution is -0.228. The molecule has 8 nitrogen and oxygen atoms in total. The lowest BCUT2D eigenvalue weighted by Gasteiger charge is -2.52. The van der Waals surface area contributed by atoms with E-state index in [1.165, 1.54) is 32.2 Å². The molecular weight excluding hydrogens is 332 g/mol. The van der Waals surface area contributed by atoms with Gasteiger partial charge >= 0.3 is 5.97 Å². The van der Waals surface area contributed by atoms with Gasteiger partial charge in [-0.3, -0.25) is 14.4 Å². The number of ether oxygens (including phenoxy) is 2. The minimum absolute atomic E-state index is 0.178. The Bertz CT molecular complexity index is 772. The Kier molecular flexibility index (Phi) is 3.94. The van der Waals surface area contributed by atoms with Gasteiger partial charge in [0, 0.05) is 12.0 Å². The van der Waals surface area contributed by atoms with E-state index in [0.717, 1.165) is 0 Å². The van der Waals surface area contributed by atoms with Crippen molar-refractivity contribution >= 4 is 17.5 Å². The maximum absolute atomic E-state index is 12.9. The van der Waals surface area contributed by atoms with E-state index in [-0.39, 0.29) is 17.5 Å². The topological polar surface area (TPSA) is 130 Å². The standard InChI is InChI=1S/C17H18O8/c1-8-17(23)15(21)13-10(4-3-5-11(13)18)14(20)16(17,22)7-9(25-8)6-12(19)24-2/h3-5,8-9,18,22-23H,6-7H2,1-2H3/t8-,9-,16+,17+/m0/s1. The van der Waals surface area contributed by atoms with Gasteiger partial charge in [0.2, 0.25) is 5.78 Å². The first-order valence-electron chi connectivity index (χ1n) is 7.75. The van der Waals surface area contributed by atoms with Gasteiger partial charge in [-0.2, -0.15) is 0 Å².